The molecule has 27 heavy (non-hydrogen) atoms. The third kappa shape index (κ3) is 4.67. The molecule has 1 atom stereocenters. The van der Waals surface area contributed by atoms with Gasteiger partial charge in [0.05, 0.1) is 5.69 Å². The Hall–Kier alpha value is -2.37. The zero-order chi connectivity index (χ0) is 18.5. The quantitative estimate of drug-likeness (QED) is 0.623. The first-order valence-electron chi connectivity index (χ1n) is 9.06. The van der Waals surface area contributed by atoms with Gasteiger partial charge in [0.15, 0.2) is 0 Å². The lowest BCUT2D eigenvalue weighted by molar-refractivity contribution is 0.375. The van der Waals surface area contributed by atoms with Crippen molar-refractivity contribution in [3.05, 3.63) is 82.5 Å². The summed E-state index contributed by atoms with van der Waals surface area (Å²) in [6.07, 6.45) is 0.886. The summed E-state index contributed by atoms with van der Waals surface area (Å²) >= 11 is 0. The van der Waals surface area contributed by atoms with Crippen LogP contribution in [0.25, 0.3) is 5.69 Å². The van der Waals surface area contributed by atoms with E-state index in [1.165, 1.54) is 10.2 Å². The first kappa shape index (κ1) is 20.9. The number of nitrogens with zero attached hydrogens (tertiary/aromatic N) is 4. The Kier molecular flexibility index (Phi) is 7.39. The van der Waals surface area contributed by atoms with Crippen molar-refractivity contribution in [3.63, 3.8) is 0 Å². The molecule has 3 rings (SSSR count). The van der Waals surface area contributed by atoms with Crippen LogP contribution in [-0.4, -0.2) is 39.9 Å². The molecule has 0 spiro atoms. The summed E-state index contributed by atoms with van der Waals surface area (Å²) < 4.78 is 3.35. The molecule has 0 aliphatic carbocycles. The van der Waals surface area contributed by atoms with E-state index in [-0.39, 0.29) is 24.0 Å². The first-order valence-corrected chi connectivity index (χ1v) is 9.06. The van der Waals surface area contributed by atoms with Crippen LogP contribution in [0.5, 0.6) is 0 Å². The molecule has 0 aliphatic heterocycles. The average molecular weight is 387 g/mol. The predicted octanol–water partition coefficient (Wildman–Crippen LogP) is 3.56. The molecule has 1 aromatic heterocycles. The minimum absolute atomic E-state index is 0. The molecule has 1 unspecified atom stereocenters. The topological polar surface area (TPSA) is 43.1 Å². The highest BCUT2D eigenvalue weighted by atomic mass is 35.5. The maximum Gasteiger partial charge on any atom is 0.350 e. The van der Waals surface area contributed by atoms with Crippen LogP contribution in [0, 0.1) is 0 Å². The molecule has 0 bridgehead atoms. The number of halogens is 1. The second-order valence-corrected chi connectivity index (χ2v) is 6.71. The molecule has 0 aliphatic rings. The number of hydrogen-bond acceptors (Lipinski definition) is 3. The standard InChI is InChI=1S/C21H26N4O.ClH/c1-4-19(17-11-7-5-8-12-17)20-22-25(18-13-9-6-10-14-18)21(26)24(20)16-15-23(2)3;/h5-14,19H,4,15-16H2,1-3H3;1H. The maximum atomic E-state index is 13.1. The summed E-state index contributed by atoms with van der Waals surface area (Å²) in [6, 6.07) is 19.9. The van der Waals surface area contributed by atoms with Crippen molar-refractivity contribution >= 4 is 12.4 Å². The van der Waals surface area contributed by atoms with Crippen LogP contribution in [0.4, 0.5) is 0 Å². The van der Waals surface area contributed by atoms with E-state index in [9.17, 15) is 4.79 Å². The van der Waals surface area contributed by atoms with E-state index in [1.807, 2.05) is 67.2 Å². The molecule has 1 heterocycles. The van der Waals surface area contributed by atoms with Crippen LogP contribution in [0.15, 0.2) is 65.5 Å². The third-order valence-corrected chi connectivity index (χ3v) is 4.58. The van der Waals surface area contributed by atoms with E-state index in [2.05, 4.69) is 24.0 Å². The van der Waals surface area contributed by atoms with Crippen molar-refractivity contribution in [2.75, 3.05) is 20.6 Å². The lowest BCUT2D eigenvalue weighted by Crippen LogP contribution is -2.29. The van der Waals surface area contributed by atoms with E-state index in [0.29, 0.717) is 6.54 Å². The lowest BCUT2D eigenvalue weighted by atomic mass is 9.95. The van der Waals surface area contributed by atoms with E-state index >= 15 is 0 Å². The van der Waals surface area contributed by atoms with Gasteiger partial charge in [0.2, 0.25) is 0 Å². The van der Waals surface area contributed by atoms with Gasteiger partial charge in [0.25, 0.3) is 0 Å². The summed E-state index contributed by atoms with van der Waals surface area (Å²) in [5.41, 5.74) is 1.90. The molecule has 0 radical (unpaired) electrons. The third-order valence-electron chi connectivity index (χ3n) is 4.58. The highest BCUT2D eigenvalue weighted by Gasteiger charge is 2.23. The normalized spacial score (nSPS) is 12.0. The Morgan fingerprint density at radius 2 is 1.59 bits per heavy atom. The van der Waals surface area contributed by atoms with Crippen LogP contribution in [0.2, 0.25) is 0 Å². The zero-order valence-electron chi connectivity index (χ0n) is 16.1. The molecule has 0 saturated carbocycles. The molecular weight excluding hydrogens is 360 g/mol. The molecule has 2 aromatic carbocycles. The van der Waals surface area contributed by atoms with Crippen molar-refractivity contribution in [2.24, 2.45) is 0 Å². The molecule has 0 fully saturated rings. The van der Waals surface area contributed by atoms with Gasteiger partial charge < -0.3 is 4.90 Å². The fourth-order valence-corrected chi connectivity index (χ4v) is 3.17. The van der Waals surface area contributed by atoms with Crippen LogP contribution < -0.4 is 5.69 Å². The molecule has 0 amide bonds. The summed E-state index contributed by atoms with van der Waals surface area (Å²) in [4.78, 5) is 15.2. The van der Waals surface area contributed by atoms with Gasteiger partial charge in [-0.2, -0.15) is 4.68 Å². The SMILES string of the molecule is CCC(c1ccccc1)c1nn(-c2ccccc2)c(=O)n1CCN(C)C.Cl. The van der Waals surface area contributed by atoms with Gasteiger partial charge in [-0.05, 0) is 38.2 Å². The number of rotatable bonds is 7. The van der Waals surface area contributed by atoms with Crippen molar-refractivity contribution < 1.29 is 0 Å². The van der Waals surface area contributed by atoms with Crippen molar-refractivity contribution in [1.29, 1.82) is 0 Å². The smallest absolute Gasteiger partial charge is 0.308 e. The largest absolute Gasteiger partial charge is 0.350 e. The Balaban J connectivity index is 0.00000261. The summed E-state index contributed by atoms with van der Waals surface area (Å²) in [5, 5.41) is 4.75. The van der Waals surface area contributed by atoms with E-state index in [0.717, 1.165) is 24.5 Å². The highest BCUT2D eigenvalue weighted by Crippen LogP contribution is 2.26. The van der Waals surface area contributed by atoms with E-state index in [1.54, 1.807) is 0 Å². The Morgan fingerprint density at radius 1 is 1.00 bits per heavy atom. The minimum atomic E-state index is -0.0811. The number of likely N-dealkylation sites (N-methyl/N-ethyl adjacent to an activating group) is 1. The number of hydrogen-bond donors (Lipinski definition) is 0. The Morgan fingerprint density at radius 3 is 2.15 bits per heavy atom. The van der Waals surface area contributed by atoms with Crippen LogP contribution in [-0.2, 0) is 6.54 Å². The zero-order valence-corrected chi connectivity index (χ0v) is 16.9. The first-order chi connectivity index (χ1) is 12.6. The van der Waals surface area contributed by atoms with E-state index < -0.39 is 0 Å². The van der Waals surface area contributed by atoms with Crippen molar-refractivity contribution in [2.45, 2.75) is 25.8 Å². The van der Waals surface area contributed by atoms with Gasteiger partial charge in [-0.15, -0.1) is 17.5 Å². The van der Waals surface area contributed by atoms with Crippen molar-refractivity contribution in [1.82, 2.24) is 19.2 Å². The fourth-order valence-electron chi connectivity index (χ4n) is 3.17. The second kappa shape index (κ2) is 9.53. The maximum absolute atomic E-state index is 13.1. The summed E-state index contributed by atoms with van der Waals surface area (Å²) in [7, 11) is 4.03. The van der Waals surface area contributed by atoms with Gasteiger partial charge in [0, 0.05) is 19.0 Å². The molecule has 144 valence electrons. The van der Waals surface area contributed by atoms with Gasteiger partial charge in [0.1, 0.15) is 5.82 Å². The molecule has 5 nitrogen and oxygen atoms in total. The monoisotopic (exact) mass is 386 g/mol. The highest BCUT2D eigenvalue weighted by molar-refractivity contribution is 5.85. The van der Waals surface area contributed by atoms with E-state index in [4.69, 9.17) is 5.10 Å². The van der Waals surface area contributed by atoms with Gasteiger partial charge in [-0.3, -0.25) is 4.57 Å². The lowest BCUT2D eigenvalue weighted by Gasteiger charge is -2.17. The molecular formula is C21H27ClN4O. The number of benzene rings is 2. The fraction of sp³-hybridized carbons (Fsp3) is 0.333. The molecule has 6 heteroatoms. The predicted molar refractivity (Wildman–Crippen MR) is 112 cm³/mol. The second-order valence-electron chi connectivity index (χ2n) is 6.71. The molecule has 0 N–H and O–H groups in total. The average Bonchev–Trinajstić information content (AvgIpc) is 2.98. The van der Waals surface area contributed by atoms with Crippen LogP contribution >= 0.6 is 12.4 Å². The van der Waals surface area contributed by atoms with Gasteiger partial charge in [-0.25, -0.2) is 4.79 Å². The van der Waals surface area contributed by atoms with Crippen LogP contribution in [0.1, 0.15) is 30.7 Å². The number of para-hydroxylation sites is 1. The molecule has 0 saturated heterocycles. The Bertz CT molecular complexity index is 888. The van der Waals surface area contributed by atoms with Gasteiger partial charge in [-0.1, -0.05) is 55.5 Å². The summed E-state index contributed by atoms with van der Waals surface area (Å²) in [5.74, 6) is 0.922. The van der Waals surface area contributed by atoms with Gasteiger partial charge >= 0.3 is 5.69 Å². The number of aromatic nitrogens is 3. The van der Waals surface area contributed by atoms with Crippen LogP contribution in [0.3, 0.4) is 0 Å². The van der Waals surface area contributed by atoms with Crippen molar-refractivity contribution in [3.8, 4) is 5.69 Å². The molecule has 3 aromatic rings. The summed E-state index contributed by atoms with van der Waals surface area (Å²) in [6.45, 7) is 3.55. The Labute approximate surface area is 166 Å². The minimum Gasteiger partial charge on any atom is -0.308 e.